The Hall–Kier alpha value is -3.00. The monoisotopic (exact) mass is 396 g/mol. The number of carbonyl (C=O) groups excluding carboxylic acids is 1. The summed E-state index contributed by atoms with van der Waals surface area (Å²) < 4.78 is 20.2. The Labute approximate surface area is 165 Å². The second-order valence-electron chi connectivity index (χ2n) is 6.11. The van der Waals surface area contributed by atoms with Crippen molar-refractivity contribution < 1.29 is 13.9 Å². The molecule has 0 fully saturated rings. The highest BCUT2D eigenvalue weighted by molar-refractivity contribution is 7.99. The van der Waals surface area contributed by atoms with Gasteiger partial charge in [-0.2, -0.15) is 4.98 Å². The third kappa shape index (κ3) is 3.31. The topological polar surface area (TPSA) is 68.2 Å². The summed E-state index contributed by atoms with van der Waals surface area (Å²) in [5, 5.41) is 8.82. The zero-order chi connectivity index (χ0) is 19.7. The van der Waals surface area contributed by atoms with Crippen molar-refractivity contribution in [1.29, 1.82) is 0 Å². The van der Waals surface area contributed by atoms with Crippen molar-refractivity contribution >= 4 is 23.4 Å². The molecule has 1 aliphatic heterocycles. The molecule has 0 bridgehead atoms. The zero-order valence-electron chi connectivity index (χ0n) is 15.3. The number of carbonyl (C=O) groups is 1. The maximum atomic E-state index is 14.1. The van der Waals surface area contributed by atoms with Crippen LogP contribution in [0.15, 0.2) is 53.7 Å². The highest BCUT2D eigenvalue weighted by Crippen LogP contribution is 2.43. The van der Waals surface area contributed by atoms with Gasteiger partial charge in [0.15, 0.2) is 5.69 Å². The Kier molecular flexibility index (Phi) is 4.95. The van der Waals surface area contributed by atoms with Crippen molar-refractivity contribution in [3.63, 3.8) is 0 Å². The summed E-state index contributed by atoms with van der Waals surface area (Å²) in [7, 11) is 0. The summed E-state index contributed by atoms with van der Waals surface area (Å²) in [6.45, 7) is 3.43. The Morgan fingerprint density at radius 1 is 1.21 bits per heavy atom. The van der Waals surface area contributed by atoms with Crippen LogP contribution in [0.3, 0.4) is 0 Å². The van der Waals surface area contributed by atoms with Gasteiger partial charge in [0.05, 0.1) is 5.69 Å². The number of fused-ring (bicyclic) bond motifs is 3. The SMILES string of the molecule is CCSc1nnc2c(n1)OC(c1ccccc1)N(C(C)=O)c1ccc(F)cc1-2. The molecule has 0 N–H and O–H groups in total. The van der Waals surface area contributed by atoms with Crippen LogP contribution in [0.4, 0.5) is 10.1 Å². The molecule has 3 aromatic rings. The van der Waals surface area contributed by atoms with E-state index in [1.807, 2.05) is 37.3 Å². The predicted octanol–water partition coefficient (Wildman–Crippen LogP) is 4.23. The Morgan fingerprint density at radius 2 is 2.00 bits per heavy atom. The van der Waals surface area contributed by atoms with E-state index in [0.717, 1.165) is 11.3 Å². The molecule has 1 amide bonds. The lowest BCUT2D eigenvalue weighted by molar-refractivity contribution is -0.118. The van der Waals surface area contributed by atoms with Crippen LogP contribution < -0.4 is 9.64 Å². The number of hydrogen-bond acceptors (Lipinski definition) is 6. The molecule has 1 unspecified atom stereocenters. The van der Waals surface area contributed by atoms with Gasteiger partial charge in [-0.1, -0.05) is 49.0 Å². The fourth-order valence-electron chi connectivity index (χ4n) is 3.10. The van der Waals surface area contributed by atoms with Gasteiger partial charge in [0.25, 0.3) is 0 Å². The maximum absolute atomic E-state index is 14.1. The van der Waals surface area contributed by atoms with Gasteiger partial charge in [0.1, 0.15) is 5.82 Å². The van der Waals surface area contributed by atoms with E-state index in [1.54, 1.807) is 6.07 Å². The number of anilines is 1. The van der Waals surface area contributed by atoms with Crippen LogP contribution in [0.2, 0.25) is 0 Å². The summed E-state index contributed by atoms with van der Waals surface area (Å²) in [6, 6.07) is 13.5. The van der Waals surface area contributed by atoms with Crippen LogP contribution >= 0.6 is 11.8 Å². The molecule has 1 aromatic heterocycles. The Morgan fingerprint density at radius 3 is 2.71 bits per heavy atom. The molecule has 0 saturated carbocycles. The molecule has 28 heavy (non-hydrogen) atoms. The average Bonchev–Trinajstić information content (AvgIpc) is 2.83. The molecule has 0 spiro atoms. The van der Waals surface area contributed by atoms with Crippen molar-refractivity contribution in [2.75, 3.05) is 10.7 Å². The average molecular weight is 396 g/mol. The first-order valence-corrected chi connectivity index (χ1v) is 9.76. The van der Waals surface area contributed by atoms with E-state index in [2.05, 4.69) is 15.2 Å². The Balaban J connectivity index is 1.97. The van der Waals surface area contributed by atoms with Crippen molar-refractivity contribution in [3.05, 3.63) is 59.9 Å². The highest BCUT2D eigenvalue weighted by atomic mass is 32.2. The predicted molar refractivity (Wildman–Crippen MR) is 105 cm³/mol. The van der Waals surface area contributed by atoms with Crippen LogP contribution in [-0.4, -0.2) is 26.8 Å². The fraction of sp³-hybridized carbons (Fsp3) is 0.200. The largest absolute Gasteiger partial charge is 0.447 e. The number of hydrogen-bond donors (Lipinski definition) is 0. The highest BCUT2D eigenvalue weighted by Gasteiger charge is 2.34. The first-order valence-electron chi connectivity index (χ1n) is 8.77. The lowest BCUT2D eigenvalue weighted by Gasteiger charge is -2.29. The van der Waals surface area contributed by atoms with Crippen LogP contribution in [0.25, 0.3) is 11.3 Å². The Bertz CT molecular complexity index is 1030. The van der Waals surface area contributed by atoms with Crippen LogP contribution in [-0.2, 0) is 4.79 Å². The van der Waals surface area contributed by atoms with Crippen LogP contribution in [0.5, 0.6) is 5.88 Å². The third-order valence-electron chi connectivity index (χ3n) is 4.26. The van der Waals surface area contributed by atoms with E-state index >= 15 is 0 Å². The molecule has 6 nitrogen and oxygen atoms in total. The molecule has 0 saturated heterocycles. The number of thioether (sulfide) groups is 1. The first-order chi connectivity index (χ1) is 13.6. The van der Waals surface area contributed by atoms with Gasteiger partial charge in [-0.3, -0.25) is 9.69 Å². The van der Waals surface area contributed by atoms with E-state index in [-0.39, 0.29) is 11.8 Å². The lowest BCUT2D eigenvalue weighted by atomic mass is 10.1. The molecule has 8 heteroatoms. The van der Waals surface area contributed by atoms with E-state index in [4.69, 9.17) is 4.74 Å². The van der Waals surface area contributed by atoms with Gasteiger partial charge in [0.2, 0.25) is 23.2 Å². The standard InChI is InChI=1S/C20H17FN4O2S/c1-3-28-20-22-18-17(23-24-20)15-11-14(21)9-10-16(15)25(12(2)26)19(27-18)13-7-5-4-6-8-13/h4-11,19H,3H2,1-2H3. The van der Waals surface area contributed by atoms with Gasteiger partial charge in [-0.15, -0.1) is 10.2 Å². The zero-order valence-corrected chi connectivity index (χ0v) is 16.1. The first kappa shape index (κ1) is 18.4. The summed E-state index contributed by atoms with van der Waals surface area (Å²) in [5.74, 6) is 0.300. The van der Waals surface area contributed by atoms with Gasteiger partial charge < -0.3 is 4.74 Å². The number of benzene rings is 2. The van der Waals surface area contributed by atoms with Crippen molar-refractivity contribution in [3.8, 4) is 17.1 Å². The van der Waals surface area contributed by atoms with Gasteiger partial charge in [0, 0.05) is 18.1 Å². The van der Waals surface area contributed by atoms with Gasteiger partial charge in [-0.05, 0) is 24.0 Å². The molecular weight excluding hydrogens is 379 g/mol. The summed E-state index contributed by atoms with van der Waals surface area (Å²) >= 11 is 1.42. The minimum atomic E-state index is -0.764. The van der Waals surface area contributed by atoms with Crippen molar-refractivity contribution in [2.24, 2.45) is 0 Å². The van der Waals surface area contributed by atoms with Crippen molar-refractivity contribution in [2.45, 2.75) is 25.2 Å². The van der Waals surface area contributed by atoms with Crippen LogP contribution in [0.1, 0.15) is 25.6 Å². The second kappa shape index (κ2) is 7.55. The van der Waals surface area contributed by atoms with E-state index < -0.39 is 12.0 Å². The van der Waals surface area contributed by atoms with Gasteiger partial charge >= 0.3 is 0 Å². The van der Waals surface area contributed by atoms with Crippen molar-refractivity contribution in [1.82, 2.24) is 15.2 Å². The molecular formula is C20H17FN4O2S. The summed E-state index contributed by atoms with van der Waals surface area (Å²) in [6.07, 6.45) is -0.764. The number of amides is 1. The third-order valence-corrected chi connectivity index (χ3v) is 4.98. The molecule has 2 aromatic carbocycles. The number of rotatable bonds is 3. The number of nitrogens with zero attached hydrogens (tertiary/aromatic N) is 4. The molecule has 142 valence electrons. The molecule has 1 atom stereocenters. The molecule has 0 aliphatic carbocycles. The number of aromatic nitrogens is 3. The van der Waals surface area contributed by atoms with E-state index in [1.165, 1.54) is 35.7 Å². The van der Waals surface area contributed by atoms with Crippen LogP contribution in [0, 0.1) is 5.82 Å². The lowest BCUT2D eigenvalue weighted by Crippen LogP contribution is -2.36. The smallest absolute Gasteiger partial charge is 0.247 e. The molecule has 2 heterocycles. The molecule has 1 aliphatic rings. The molecule has 4 rings (SSSR count). The minimum Gasteiger partial charge on any atom is -0.447 e. The van der Waals surface area contributed by atoms with E-state index in [0.29, 0.717) is 22.1 Å². The summed E-state index contributed by atoms with van der Waals surface area (Å²) in [4.78, 5) is 18.5. The van der Waals surface area contributed by atoms with E-state index in [9.17, 15) is 9.18 Å². The quantitative estimate of drug-likeness (QED) is 0.617. The number of halogens is 1. The number of ether oxygens (including phenoxy) is 1. The fourth-order valence-corrected chi connectivity index (χ4v) is 3.61. The second-order valence-corrected chi connectivity index (χ2v) is 7.34. The maximum Gasteiger partial charge on any atom is 0.247 e. The molecule has 0 radical (unpaired) electrons. The minimum absolute atomic E-state index is 0.218. The normalized spacial score (nSPS) is 15.2. The van der Waals surface area contributed by atoms with Gasteiger partial charge in [-0.25, -0.2) is 4.39 Å². The summed E-state index contributed by atoms with van der Waals surface area (Å²) in [5.41, 5.74) is 1.98.